The van der Waals surface area contributed by atoms with E-state index in [1.165, 1.54) is 0 Å². The molecule has 0 spiro atoms. The zero-order chi connectivity index (χ0) is 20.4. The fourth-order valence-corrected chi connectivity index (χ4v) is 4.00. The van der Waals surface area contributed by atoms with Gasteiger partial charge in [0.05, 0.1) is 6.54 Å². The third kappa shape index (κ3) is 4.17. The summed E-state index contributed by atoms with van der Waals surface area (Å²) in [4.78, 5) is 34.3. The van der Waals surface area contributed by atoms with Gasteiger partial charge >= 0.3 is 0 Å². The predicted octanol–water partition coefficient (Wildman–Crippen LogP) is 2.72. The zero-order valence-electron chi connectivity index (χ0n) is 16.3. The van der Waals surface area contributed by atoms with Crippen molar-refractivity contribution in [1.29, 1.82) is 0 Å². The number of hydrogen-bond donors (Lipinski definition) is 1. The molecule has 0 bridgehead atoms. The number of H-pyrrole nitrogens is 1. The van der Waals surface area contributed by atoms with E-state index in [4.69, 9.17) is 11.6 Å². The molecular formula is C20H23ClN6O2. The van der Waals surface area contributed by atoms with Gasteiger partial charge in [-0.15, -0.1) is 5.10 Å². The Morgan fingerprint density at radius 1 is 1.38 bits per heavy atom. The van der Waals surface area contributed by atoms with Crippen LogP contribution >= 0.6 is 11.6 Å². The number of carbonyl (C=O) groups excluding carboxylic acids is 1. The maximum absolute atomic E-state index is 12.6. The van der Waals surface area contributed by atoms with Gasteiger partial charge in [0.15, 0.2) is 11.2 Å². The Morgan fingerprint density at radius 3 is 3.03 bits per heavy atom. The maximum atomic E-state index is 12.6. The highest BCUT2D eigenvalue weighted by Crippen LogP contribution is 2.25. The molecule has 152 valence electrons. The highest BCUT2D eigenvalue weighted by Gasteiger charge is 2.27. The minimum atomic E-state index is -0.306. The summed E-state index contributed by atoms with van der Waals surface area (Å²) in [6, 6.07) is 7.46. The highest BCUT2D eigenvalue weighted by atomic mass is 35.5. The van der Waals surface area contributed by atoms with E-state index >= 15 is 0 Å². The number of benzene rings is 1. The number of nitrogens with zero attached hydrogens (tertiary/aromatic N) is 5. The second kappa shape index (κ2) is 8.32. The maximum Gasteiger partial charge on any atom is 0.281 e. The van der Waals surface area contributed by atoms with E-state index in [0.29, 0.717) is 36.0 Å². The Kier molecular flexibility index (Phi) is 5.62. The van der Waals surface area contributed by atoms with Crippen LogP contribution in [-0.2, 0) is 11.3 Å². The SMILES string of the molecule is CCCC(=O)N1CCC[C@H](c2nc3c(nnn3Cc3cccc(Cl)c3)c(=O)[nH]2)C1. The molecule has 0 saturated carbocycles. The van der Waals surface area contributed by atoms with Gasteiger partial charge in [-0.3, -0.25) is 9.59 Å². The largest absolute Gasteiger partial charge is 0.342 e. The molecule has 0 radical (unpaired) electrons. The van der Waals surface area contributed by atoms with Crippen molar-refractivity contribution in [1.82, 2.24) is 29.9 Å². The number of amides is 1. The minimum Gasteiger partial charge on any atom is -0.342 e. The van der Waals surface area contributed by atoms with Crippen LogP contribution in [0.1, 0.15) is 49.9 Å². The summed E-state index contributed by atoms with van der Waals surface area (Å²) < 4.78 is 1.61. The molecule has 8 nitrogen and oxygen atoms in total. The summed E-state index contributed by atoms with van der Waals surface area (Å²) in [7, 11) is 0. The number of nitrogens with one attached hydrogen (secondary N) is 1. The first-order chi connectivity index (χ1) is 14.0. The molecule has 29 heavy (non-hydrogen) atoms. The number of carbonyl (C=O) groups is 1. The molecular weight excluding hydrogens is 392 g/mol. The molecule has 1 N–H and O–H groups in total. The van der Waals surface area contributed by atoms with Gasteiger partial charge in [0.1, 0.15) is 5.82 Å². The molecule has 2 aromatic heterocycles. The Morgan fingerprint density at radius 2 is 2.24 bits per heavy atom. The summed E-state index contributed by atoms with van der Waals surface area (Å²) >= 11 is 6.07. The quantitative estimate of drug-likeness (QED) is 0.692. The van der Waals surface area contributed by atoms with Crippen molar-refractivity contribution in [2.75, 3.05) is 13.1 Å². The Hall–Kier alpha value is -2.74. The molecule has 1 aliphatic rings. The highest BCUT2D eigenvalue weighted by molar-refractivity contribution is 6.30. The number of aromatic amines is 1. The Bertz CT molecular complexity index is 1090. The number of piperidine rings is 1. The van der Waals surface area contributed by atoms with Gasteiger partial charge in [-0.25, -0.2) is 9.67 Å². The molecule has 1 atom stereocenters. The lowest BCUT2D eigenvalue weighted by Gasteiger charge is -2.32. The minimum absolute atomic E-state index is 0.00354. The van der Waals surface area contributed by atoms with Gasteiger partial charge in [0.2, 0.25) is 5.91 Å². The summed E-state index contributed by atoms with van der Waals surface area (Å²) in [5.74, 6) is 0.746. The predicted molar refractivity (Wildman–Crippen MR) is 110 cm³/mol. The molecule has 3 heterocycles. The van der Waals surface area contributed by atoms with E-state index in [-0.39, 0.29) is 22.9 Å². The average Bonchev–Trinajstić information content (AvgIpc) is 3.11. The lowest BCUT2D eigenvalue weighted by molar-refractivity contribution is -0.132. The van der Waals surface area contributed by atoms with E-state index in [0.717, 1.165) is 31.4 Å². The normalized spacial score (nSPS) is 17.0. The van der Waals surface area contributed by atoms with Crippen molar-refractivity contribution in [3.63, 3.8) is 0 Å². The van der Waals surface area contributed by atoms with E-state index in [1.807, 2.05) is 30.0 Å². The smallest absolute Gasteiger partial charge is 0.281 e. The van der Waals surface area contributed by atoms with Crippen molar-refractivity contribution in [2.24, 2.45) is 0 Å². The van der Waals surface area contributed by atoms with Crippen LogP contribution < -0.4 is 5.56 Å². The van der Waals surface area contributed by atoms with Crippen LogP contribution in [0.4, 0.5) is 0 Å². The monoisotopic (exact) mass is 414 g/mol. The molecule has 1 aliphatic heterocycles. The third-order valence-corrected chi connectivity index (χ3v) is 5.47. The van der Waals surface area contributed by atoms with Crippen LogP contribution in [-0.4, -0.2) is 48.9 Å². The van der Waals surface area contributed by atoms with E-state index in [1.54, 1.807) is 10.7 Å². The summed E-state index contributed by atoms with van der Waals surface area (Å²) in [5.41, 5.74) is 1.30. The van der Waals surface area contributed by atoms with Crippen molar-refractivity contribution in [3.05, 3.63) is 51.0 Å². The van der Waals surface area contributed by atoms with Gasteiger partial charge < -0.3 is 9.88 Å². The van der Waals surface area contributed by atoms with E-state index in [9.17, 15) is 9.59 Å². The van der Waals surface area contributed by atoms with Crippen molar-refractivity contribution in [3.8, 4) is 0 Å². The van der Waals surface area contributed by atoms with E-state index < -0.39 is 0 Å². The second-order valence-electron chi connectivity index (χ2n) is 7.43. The van der Waals surface area contributed by atoms with Gasteiger partial charge in [-0.1, -0.05) is 35.9 Å². The van der Waals surface area contributed by atoms with Crippen LogP contribution in [0.15, 0.2) is 29.1 Å². The van der Waals surface area contributed by atoms with Crippen LogP contribution in [0.3, 0.4) is 0 Å². The summed E-state index contributed by atoms with van der Waals surface area (Å²) in [6.07, 6.45) is 3.14. The number of rotatable bonds is 5. The molecule has 4 rings (SSSR count). The summed E-state index contributed by atoms with van der Waals surface area (Å²) in [6.45, 7) is 3.75. The lowest BCUT2D eigenvalue weighted by Crippen LogP contribution is -2.39. The van der Waals surface area contributed by atoms with Crippen LogP contribution in [0.2, 0.25) is 5.02 Å². The third-order valence-electron chi connectivity index (χ3n) is 5.24. The Balaban J connectivity index is 1.64. The van der Waals surface area contributed by atoms with Crippen molar-refractivity contribution < 1.29 is 4.79 Å². The number of likely N-dealkylation sites (tertiary alicyclic amines) is 1. The lowest BCUT2D eigenvalue weighted by atomic mass is 9.96. The molecule has 1 saturated heterocycles. The van der Waals surface area contributed by atoms with E-state index in [2.05, 4.69) is 20.3 Å². The molecule has 0 aliphatic carbocycles. The fraction of sp³-hybridized carbons (Fsp3) is 0.450. The van der Waals surface area contributed by atoms with Crippen molar-refractivity contribution >= 4 is 28.7 Å². The first kappa shape index (κ1) is 19.6. The number of fused-ring (bicyclic) bond motifs is 1. The zero-order valence-corrected chi connectivity index (χ0v) is 17.0. The van der Waals surface area contributed by atoms with Crippen molar-refractivity contribution in [2.45, 2.75) is 45.1 Å². The second-order valence-corrected chi connectivity index (χ2v) is 7.87. The molecule has 1 fully saturated rings. The van der Waals surface area contributed by atoms with Gasteiger partial charge in [0.25, 0.3) is 5.56 Å². The number of halogens is 1. The number of aromatic nitrogens is 5. The van der Waals surface area contributed by atoms with Gasteiger partial charge in [-0.05, 0) is 37.0 Å². The molecule has 1 aromatic carbocycles. The van der Waals surface area contributed by atoms with Crippen LogP contribution in [0, 0.1) is 0 Å². The molecule has 0 unspecified atom stereocenters. The Labute approximate surface area is 172 Å². The fourth-order valence-electron chi connectivity index (χ4n) is 3.79. The molecule has 3 aromatic rings. The average molecular weight is 415 g/mol. The molecule has 1 amide bonds. The molecule has 9 heteroatoms. The van der Waals surface area contributed by atoms with Gasteiger partial charge in [-0.2, -0.15) is 0 Å². The number of hydrogen-bond acceptors (Lipinski definition) is 5. The van der Waals surface area contributed by atoms with Crippen LogP contribution in [0.5, 0.6) is 0 Å². The van der Waals surface area contributed by atoms with Crippen LogP contribution in [0.25, 0.3) is 11.2 Å². The standard InChI is InChI=1S/C20H23ClN6O2/c1-2-5-16(28)26-9-4-7-14(12-26)18-22-19-17(20(29)23-18)24-25-27(19)11-13-6-3-8-15(21)10-13/h3,6,8,10,14H,2,4-5,7,9,11-12H2,1H3,(H,22,23,29)/t14-/m0/s1. The van der Waals surface area contributed by atoms with Gasteiger partial charge in [0, 0.05) is 30.5 Å². The summed E-state index contributed by atoms with van der Waals surface area (Å²) in [5, 5.41) is 8.75. The first-order valence-corrected chi connectivity index (χ1v) is 10.3. The first-order valence-electron chi connectivity index (χ1n) is 9.90. The topological polar surface area (TPSA) is 96.8 Å².